The minimum Gasteiger partial charge on any atom is -0.353 e. The lowest BCUT2D eigenvalue weighted by Gasteiger charge is -2.32. The summed E-state index contributed by atoms with van der Waals surface area (Å²) in [6, 6.07) is 6.92. The molecule has 25 heavy (non-hydrogen) atoms. The summed E-state index contributed by atoms with van der Waals surface area (Å²) < 4.78 is 28.0. The molecule has 1 aliphatic carbocycles. The number of piperidine rings is 1. The van der Waals surface area contributed by atoms with Crippen molar-refractivity contribution in [2.45, 2.75) is 55.9 Å². The first-order chi connectivity index (χ1) is 12.0. The maximum Gasteiger partial charge on any atom is 0.243 e. The number of carbonyl (C=O) groups excluding carboxylic acids is 1. The van der Waals surface area contributed by atoms with Crippen molar-refractivity contribution < 1.29 is 13.2 Å². The molecule has 3 rings (SSSR count). The quantitative estimate of drug-likeness (QED) is 0.799. The molecule has 1 saturated heterocycles. The maximum atomic E-state index is 12.8. The molecule has 1 amide bonds. The van der Waals surface area contributed by atoms with Crippen molar-refractivity contribution >= 4 is 31.9 Å². The topological polar surface area (TPSA) is 66.5 Å². The summed E-state index contributed by atoms with van der Waals surface area (Å²) in [7, 11) is -3.55. The highest BCUT2D eigenvalue weighted by molar-refractivity contribution is 9.10. The van der Waals surface area contributed by atoms with Crippen molar-refractivity contribution in [3.8, 4) is 0 Å². The van der Waals surface area contributed by atoms with Gasteiger partial charge in [-0.05, 0) is 49.9 Å². The zero-order valence-electron chi connectivity index (χ0n) is 14.3. The Hall–Kier alpha value is -0.920. The largest absolute Gasteiger partial charge is 0.353 e. The number of benzene rings is 1. The summed E-state index contributed by atoms with van der Waals surface area (Å²) in [5.74, 6) is -0.233. The second-order valence-electron chi connectivity index (χ2n) is 7.00. The Morgan fingerprint density at radius 2 is 1.72 bits per heavy atom. The fraction of sp³-hybridized carbons (Fsp3) is 0.611. The predicted octanol–water partition coefficient (Wildman–Crippen LogP) is 3.30. The van der Waals surface area contributed by atoms with Crippen LogP contribution in [0.3, 0.4) is 0 Å². The van der Waals surface area contributed by atoms with Gasteiger partial charge < -0.3 is 5.32 Å². The molecule has 1 heterocycles. The third kappa shape index (κ3) is 4.63. The van der Waals surface area contributed by atoms with Crippen LogP contribution in [0.25, 0.3) is 0 Å². The van der Waals surface area contributed by atoms with Crippen molar-refractivity contribution in [3.63, 3.8) is 0 Å². The SMILES string of the molecule is O=C(NC1CCCCC1)[C@H]1CCCN(S(=O)(=O)c2ccc(Br)cc2)C1. The first kappa shape index (κ1) is 18.9. The van der Waals surface area contributed by atoms with Gasteiger partial charge in [0, 0.05) is 23.6 Å². The number of amides is 1. The standard InChI is InChI=1S/C18H25BrN2O3S/c19-15-8-10-17(11-9-15)25(23,24)21-12-4-5-14(13-21)18(22)20-16-6-2-1-3-7-16/h8-11,14,16H,1-7,12-13H2,(H,20,22)/t14-/m0/s1. The second kappa shape index (κ2) is 8.18. The zero-order chi connectivity index (χ0) is 17.9. The maximum absolute atomic E-state index is 12.8. The van der Waals surface area contributed by atoms with Crippen LogP contribution in [0.15, 0.2) is 33.6 Å². The number of halogens is 1. The van der Waals surface area contributed by atoms with Crippen molar-refractivity contribution in [2.24, 2.45) is 5.92 Å². The predicted molar refractivity (Wildman–Crippen MR) is 101 cm³/mol. The molecule has 1 atom stereocenters. The van der Waals surface area contributed by atoms with Gasteiger partial charge in [0.15, 0.2) is 0 Å². The number of hydrogen-bond acceptors (Lipinski definition) is 3. The van der Waals surface area contributed by atoms with E-state index < -0.39 is 10.0 Å². The summed E-state index contributed by atoms with van der Waals surface area (Å²) >= 11 is 3.32. The summed E-state index contributed by atoms with van der Waals surface area (Å²) in [6.45, 7) is 0.753. The Morgan fingerprint density at radius 3 is 2.40 bits per heavy atom. The van der Waals surface area contributed by atoms with E-state index in [9.17, 15) is 13.2 Å². The Kier molecular flexibility index (Phi) is 6.17. The number of nitrogens with zero attached hydrogens (tertiary/aromatic N) is 1. The smallest absolute Gasteiger partial charge is 0.243 e. The van der Waals surface area contributed by atoms with E-state index in [-0.39, 0.29) is 29.3 Å². The lowest BCUT2D eigenvalue weighted by Crippen LogP contribution is -2.47. The highest BCUT2D eigenvalue weighted by atomic mass is 79.9. The van der Waals surface area contributed by atoms with E-state index in [1.165, 1.54) is 23.6 Å². The molecule has 0 radical (unpaired) electrons. The van der Waals surface area contributed by atoms with Gasteiger partial charge in [0.25, 0.3) is 0 Å². The molecule has 0 spiro atoms. The molecule has 5 nitrogen and oxygen atoms in total. The van der Waals surface area contributed by atoms with Gasteiger partial charge in [0.1, 0.15) is 0 Å². The Balaban J connectivity index is 1.65. The van der Waals surface area contributed by atoms with E-state index in [1.807, 2.05) is 0 Å². The summed E-state index contributed by atoms with van der Waals surface area (Å²) in [6.07, 6.45) is 7.14. The van der Waals surface area contributed by atoms with Crippen LogP contribution in [0, 0.1) is 5.92 Å². The summed E-state index contributed by atoms with van der Waals surface area (Å²) in [5.41, 5.74) is 0. The van der Waals surface area contributed by atoms with Crippen LogP contribution in [0.5, 0.6) is 0 Å². The van der Waals surface area contributed by atoms with Crippen LogP contribution < -0.4 is 5.32 Å². The highest BCUT2D eigenvalue weighted by Gasteiger charge is 2.34. The van der Waals surface area contributed by atoms with E-state index in [0.717, 1.165) is 30.2 Å². The van der Waals surface area contributed by atoms with Crippen LogP contribution >= 0.6 is 15.9 Å². The van der Waals surface area contributed by atoms with Crippen molar-refractivity contribution in [3.05, 3.63) is 28.7 Å². The molecule has 0 unspecified atom stereocenters. The minimum atomic E-state index is -3.55. The highest BCUT2D eigenvalue weighted by Crippen LogP contribution is 2.25. The van der Waals surface area contributed by atoms with E-state index in [2.05, 4.69) is 21.2 Å². The van der Waals surface area contributed by atoms with Gasteiger partial charge in [-0.2, -0.15) is 4.31 Å². The van der Waals surface area contributed by atoms with Crippen LogP contribution in [0.4, 0.5) is 0 Å². The molecule has 2 aliphatic rings. The molecule has 1 aliphatic heterocycles. The molecular weight excluding hydrogens is 404 g/mol. The lowest BCUT2D eigenvalue weighted by molar-refractivity contribution is -0.127. The fourth-order valence-corrected chi connectivity index (χ4v) is 5.48. The van der Waals surface area contributed by atoms with Gasteiger partial charge in [-0.25, -0.2) is 8.42 Å². The minimum absolute atomic E-state index is 0.0163. The summed E-state index contributed by atoms with van der Waals surface area (Å²) in [4.78, 5) is 12.9. The fourth-order valence-electron chi connectivity index (χ4n) is 3.70. The number of carbonyl (C=O) groups is 1. The van der Waals surface area contributed by atoms with Crippen molar-refractivity contribution in [1.29, 1.82) is 0 Å². The molecule has 1 aromatic carbocycles. The third-order valence-electron chi connectivity index (χ3n) is 5.16. The number of sulfonamides is 1. The van der Waals surface area contributed by atoms with Crippen molar-refractivity contribution in [1.82, 2.24) is 9.62 Å². The molecule has 7 heteroatoms. The summed E-state index contributed by atoms with van der Waals surface area (Å²) in [5, 5.41) is 3.14. The van der Waals surface area contributed by atoms with E-state index in [1.54, 1.807) is 24.3 Å². The number of hydrogen-bond donors (Lipinski definition) is 1. The third-order valence-corrected chi connectivity index (χ3v) is 7.57. The molecular formula is C18H25BrN2O3S. The van der Waals surface area contributed by atoms with Gasteiger partial charge in [-0.15, -0.1) is 0 Å². The van der Waals surface area contributed by atoms with Gasteiger partial charge >= 0.3 is 0 Å². The number of rotatable bonds is 4. The molecule has 0 aromatic heterocycles. The van der Waals surface area contributed by atoms with Gasteiger partial charge in [0.05, 0.1) is 10.8 Å². The van der Waals surface area contributed by atoms with E-state index in [0.29, 0.717) is 6.54 Å². The van der Waals surface area contributed by atoms with Crippen LogP contribution in [-0.2, 0) is 14.8 Å². The average Bonchev–Trinajstić information content (AvgIpc) is 2.63. The van der Waals surface area contributed by atoms with Gasteiger partial charge in [-0.3, -0.25) is 4.79 Å². The number of nitrogens with one attached hydrogen (secondary N) is 1. The van der Waals surface area contributed by atoms with Gasteiger partial charge in [0.2, 0.25) is 15.9 Å². The van der Waals surface area contributed by atoms with Crippen LogP contribution in [0.2, 0.25) is 0 Å². The van der Waals surface area contributed by atoms with E-state index in [4.69, 9.17) is 0 Å². The molecule has 0 bridgehead atoms. The van der Waals surface area contributed by atoms with Crippen molar-refractivity contribution in [2.75, 3.05) is 13.1 Å². The lowest BCUT2D eigenvalue weighted by atomic mass is 9.93. The van der Waals surface area contributed by atoms with Crippen LogP contribution in [-0.4, -0.2) is 37.8 Å². The molecule has 1 N–H and O–H groups in total. The molecule has 2 fully saturated rings. The molecule has 1 saturated carbocycles. The Morgan fingerprint density at radius 1 is 1.04 bits per heavy atom. The van der Waals surface area contributed by atoms with Gasteiger partial charge in [-0.1, -0.05) is 35.2 Å². The normalized spacial score (nSPS) is 23.3. The first-order valence-corrected chi connectivity index (χ1v) is 11.3. The Bertz CT molecular complexity index is 700. The average molecular weight is 429 g/mol. The monoisotopic (exact) mass is 428 g/mol. The zero-order valence-corrected chi connectivity index (χ0v) is 16.7. The molecule has 138 valence electrons. The first-order valence-electron chi connectivity index (χ1n) is 9.03. The van der Waals surface area contributed by atoms with E-state index >= 15 is 0 Å². The second-order valence-corrected chi connectivity index (χ2v) is 9.85. The molecule has 1 aromatic rings. The van der Waals surface area contributed by atoms with Crippen LogP contribution in [0.1, 0.15) is 44.9 Å². The Labute approximate surface area is 158 Å².